The van der Waals surface area contributed by atoms with Crippen molar-refractivity contribution in [2.45, 2.75) is 32.0 Å². The number of pyridine rings is 1. The maximum atomic E-state index is 13.0. The lowest BCUT2D eigenvalue weighted by molar-refractivity contribution is 0.0566. The van der Waals surface area contributed by atoms with E-state index in [2.05, 4.69) is 5.10 Å². The van der Waals surface area contributed by atoms with Crippen molar-refractivity contribution in [3.63, 3.8) is 0 Å². The largest absolute Gasteiger partial charge is 0.496 e. The van der Waals surface area contributed by atoms with Crippen LogP contribution in [-0.4, -0.2) is 38.7 Å². The van der Waals surface area contributed by atoms with E-state index in [-0.39, 0.29) is 11.6 Å². The number of ether oxygens (including phenoxy) is 1. The fourth-order valence-corrected chi connectivity index (χ4v) is 4.00. The third kappa shape index (κ3) is 3.15. The van der Waals surface area contributed by atoms with Crippen molar-refractivity contribution < 1.29 is 23.4 Å². The third-order valence-corrected chi connectivity index (χ3v) is 5.65. The maximum Gasteiger partial charge on any atom is 0.341 e. The van der Waals surface area contributed by atoms with Gasteiger partial charge in [0.2, 0.25) is 0 Å². The molecule has 1 saturated carbocycles. The molecule has 160 valence electrons. The lowest BCUT2D eigenvalue weighted by atomic mass is 9.95. The van der Waals surface area contributed by atoms with E-state index < -0.39 is 17.9 Å². The maximum absolute atomic E-state index is 13.0. The monoisotopic (exact) mass is 428 g/mol. The van der Waals surface area contributed by atoms with Crippen LogP contribution in [0.15, 0.2) is 41.6 Å². The van der Waals surface area contributed by atoms with E-state index in [1.807, 2.05) is 11.1 Å². The van der Waals surface area contributed by atoms with E-state index in [4.69, 9.17) is 4.74 Å². The van der Waals surface area contributed by atoms with Crippen LogP contribution in [0.25, 0.3) is 22.4 Å². The number of alkyl halides is 2. The molecule has 1 aromatic carbocycles. The Balaban J connectivity index is 1.70. The number of halogens is 2. The molecule has 0 radical (unpaired) electrons. The molecular formula is C21H18F2N4O4. The minimum Gasteiger partial charge on any atom is -0.496 e. The summed E-state index contributed by atoms with van der Waals surface area (Å²) < 4.78 is 33.8. The number of carbonyl (C=O) groups is 1. The summed E-state index contributed by atoms with van der Waals surface area (Å²) in [6.45, 7) is -2.26. The molecule has 0 saturated heterocycles. The number of benzene rings is 1. The second-order valence-electron chi connectivity index (χ2n) is 7.61. The molecule has 1 aliphatic carbocycles. The van der Waals surface area contributed by atoms with Crippen molar-refractivity contribution in [3.05, 3.63) is 58.1 Å². The average Bonchev–Trinajstić information content (AvgIpc) is 3.46. The molecule has 5 rings (SSSR count). The average molecular weight is 428 g/mol. The Hall–Kier alpha value is -3.69. The molecule has 8 nitrogen and oxygen atoms in total. The van der Waals surface area contributed by atoms with Crippen LogP contribution in [0.1, 0.15) is 35.3 Å². The number of carboxylic acid groups (broad SMARTS) is 1. The van der Waals surface area contributed by atoms with E-state index in [1.165, 1.54) is 31.8 Å². The van der Waals surface area contributed by atoms with Gasteiger partial charge in [0.05, 0.1) is 25.5 Å². The van der Waals surface area contributed by atoms with Crippen LogP contribution in [0.5, 0.6) is 5.75 Å². The van der Waals surface area contributed by atoms with Crippen LogP contribution < -0.4 is 15.2 Å². The highest BCUT2D eigenvalue weighted by atomic mass is 19.3. The highest BCUT2D eigenvalue weighted by molar-refractivity contribution is 5.88. The summed E-state index contributed by atoms with van der Waals surface area (Å²) in [5.41, 5.74) is 2.41. The van der Waals surface area contributed by atoms with Gasteiger partial charge in [0.25, 0.3) is 0 Å². The molecule has 1 fully saturated rings. The number of carboxylic acids is 1. The number of rotatable bonds is 5. The van der Waals surface area contributed by atoms with Gasteiger partial charge in [-0.15, -0.1) is 0 Å². The van der Waals surface area contributed by atoms with Gasteiger partial charge < -0.3 is 14.9 Å². The predicted octanol–water partition coefficient (Wildman–Crippen LogP) is 3.09. The minimum absolute atomic E-state index is 0.239. The predicted molar refractivity (Wildman–Crippen MR) is 107 cm³/mol. The zero-order valence-electron chi connectivity index (χ0n) is 16.5. The Labute approximate surface area is 174 Å². The second kappa shape index (κ2) is 6.93. The highest BCUT2D eigenvalue weighted by Gasteiger charge is 2.35. The number of hydrogen-bond acceptors (Lipinski definition) is 5. The van der Waals surface area contributed by atoms with Gasteiger partial charge in [-0.3, -0.25) is 9.47 Å². The van der Waals surface area contributed by atoms with Crippen LogP contribution in [0.3, 0.4) is 0 Å². The summed E-state index contributed by atoms with van der Waals surface area (Å²) in [4.78, 5) is 23.9. The first kappa shape index (κ1) is 19.3. The third-order valence-electron chi connectivity index (χ3n) is 5.65. The van der Waals surface area contributed by atoms with Crippen molar-refractivity contribution in [1.82, 2.24) is 14.5 Å². The van der Waals surface area contributed by atoms with Gasteiger partial charge in [0, 0.05) is 41.2 Å². The van der Waals surface area contributed by atoms with Crippen LogP contribution in [0.4, 0.5) is 8.78 Å². The van der Waals surface area contributed by atoms with Gasteiger partial charge in [0.15, 0.2) is 5.43 Å². The molecule has 0 bridgehead atoms. The first-order valence-electron chi connectivity index (χ1n) is 9.68. The Kier molecular flexibility index (Phi) is 4.31. The molecule has 2 aromatic heterocycles. The molecule has 0 spiro atoms. The smallest absolute Gasteiger partial charge is 0.341 e. The van der Waals surface area contributed by atoms with Gasteiger partial charge in [-0.1, -0.05) is 0 Å². The van der Waals surface area contributed by atoms with Crippen LogP contribution in [0, 0.1) is 0 Å². The van der Waals surface area contributed by atoms with Crippen LogP contribution >= 0.6 is 0 Å². The SMILES string of the molecule is COc1cc2c(cc1-c1cnn(C(F)F)c1)CN(C1CC1)n1cc(C(=O)O)c(=O)cc1-2. The summed E-state index contributed by atoms with van der Waals surface area (Å²) in [5.74, 6) is -0.834. The van der Waals surface area contributed by atoms with Crippen LogP contribution in [-0.2, 0) is 6.54 Å². The molecule has 1 aliphatic heterocycles. The van der Waals surface area contributed by atoms with Gasteiger partial charge in [0.1, 0.15) is 11.3 Å². The van der Waals surface area contributed by atoms with Gasteiger partial charge in [-0.05, 0) is 30.5 Å². The number of fused-ring (bicyclic) bond motifs is 3. The Morgan fingerprint density at radius 3 is 2.61 bits per heavy atom. The molecule has 2 aliphatic rings. The fourth-order valence-electron chi connectivity index (χ4n) is 4.00. The summed E-state index contributed by atoms with van der Waals surface area (Å²) >= 11 is 0. The number of aromatic nitrogens is 3. The normalized spacial score (nSPS) is 15.0. The van der Waals surface area contributed by atoms with Crippen molar-refractivity contribution in [2.75, 3.05) is 12.1 Å². The van der Waals surface area contributed by atoms with Gasteiger partial charge in [-0.2, -0.15) is 13.9 Å². The summed E-state index contributed by atoms with van der Waals surface area (Å²) in [6, 6.07) is 5.17. The standard InChI is InChI=1S/C21H18F2N4O4/c1-31-19-5-14-11(4-15(19)12-7-24-25(8-12)21(22)23)9-26(13-2-3-13)27-10-16(20(29)30)18(28)6-17(14)27/h4-8,10,13,21H,2-3,9H2,1H3,(H,29,30). The molecule has 3 heterocycles. The second-order valence-corrected chi connectivity index (χ2v) is 7.61. The zero-order chi connectivity index (χ0) is 21.9. The van der Waals surface area contributed by atoms with Gasteiger partial charge in [-0.25, -0.2) is 9.48 Å². The quantitative estimate of drug-likeness (QED) is 0.672. The zero-order valence-corrected chi connectivity index (χ0v) is 16.5. The molecule has 31 heavy (non-hydrogen) atoms. The summed E-state index contributed by atoms with van der Waals surface area (Å²) in [6.07, 6.45) is 5.92. The number of aromatic carboxylic acids is 1. The Bertz CT molecular complexity index is 1260. The molecular weight excluding hydrogens is 410 g/mol. The molecule has 3 aromatic rings. The molecule has 0 atom stereocenters. The number of hydrogen-bond donors (Lipinski definition) is 1. The van der Waals surface area contributed by atoms with Crippen molar-refractivity contribution in [1.29, 1.82) is 0 Å². The fraction of sp³-hybridized carbons (Fsp3) is 0.286. The van der Waals surface area contributed by atoms with E-state index in [0.29, 0.717) is 33.8 Å². The number of nitrogens with zero attached hydrogens (tertiary/aromatic N) is 4. The molecule has 0 unspecified atom stereocenters. The first-order chi connectivity index (χ1) is 14.9. The van der Waals surface area contributed by atoms with Crippen molar-refractivity contribution >= 4 is 5.97 Å². The van der Waals surface area contributed by atoms with E-state index >= 15 is 0 Å². The summed E-state index contributed by atoms with van der Waals surface area (Å²) in [5, 5.41) is 15.1. The molecule has 10 heteroatoms. The van der Waals surface area contributed by atoms with Gasteiger partial charge >= 0.3 is 12.5 Å². The van der Waals surface area contributed by atoms with Crippen molar-refractivity contribution in [3.8, 4) is 28.1 Å². The lowest BCUT2D eigenvalue weighted by Gasteiger charge is -2.36. The topological polar surface area (TPSA) is 89.6 Å². The van der Waals surface area contributed by atoms with E-state index in [1.54, 1.807) is 10.7 Å². The molecule has 0 amide bonds. The van der Waals surface area contributed by atoms with E-state index in [0.717, 1.165) is 24.0 Å². The Morgan fingerprint density at radius 1 is 1.23 bits per heavy atom. The lowest BCUT2D eigenvalue weighted by Crippen LogP contribution is -2.41. The summed E-state index contributed by atoms with van der Waals surface area (Å²) in [7, 11) is 1.47. The highest BCUT2D eigenvalue weighted by Crippen LogP contribution is 2.41. The van der Waals surface area contributed by atoms with Crippen LogP contribution in [0.2, 0.25) is 0 Å². The minimum atomic E-state index is -2.75. The Morgan fingerprint density at radius 2 is 2.00 bits per heavy atom. The van der Waals surface area contributed by atoms with Crippen molar-refractivity contribution in [2.24, 2.45) is 0 Å². The van der Waals surface area contributed by atoms with E-state index in [9.17, 15) is 23.5 Å². The first-order valence-corrected chi connectivity index (χ1v) is 9.68. The molecule has 1 N–H and O–H groups in total. The number of methoxy groups -OCH3 is 1.